The minimum atomic E-state index is -0.629. The fraction of sp³-hybridized carbons (Fsp3) is 0.529. The van der Waals surface area contributed by atoms with Crippen LogP contribution in [0.3, 0.4) is 0 Å². The predicted molar refractivity (Wildman–Crippen MR) is 90.5 cm³/mol. The van der Waals surface area contributed by atoms with E-state index in [0.29, 0.717) is 19.5 Å². The van der Waals surface area contributed by atoms with Crippen LogP contribution in [0.25, 0.3) is 0 Å². The normalized spacial score (nSPS) is 22.1. The minimum absolute atomic E-state index is 0.112. The Bertz CT molecular complexity index is 670. The summed E-state index contributed by atoms with van der Waals surface area (Å²) < 4.78 is 0. The van der Waals surface area contributed by atoms with Crippen LogP contribution in [0, 0.1) is 6.92 Å². The highest BCUT2D eigenvalue weighted by Crippen LogP contribution is 2.12. The van der Waals surface area contributed by atoms with Gasteiger partial charge in [-0.3, -0.25) is 24.8 Å². The third-order valence-corrected chi connectivity index (χ3v) is 4.69. The Morgan fingerprint density at radius 1 is 1.28 bits per heavy atom. The molecule has 0 unspecified atom stereocenters. The molecule has 2 aliphatic heterocycles. The van der Waals surface area contributed by atoms with E-state index in [2.05, 4.69) is 20.5 Å². The van der Waals surface area contributed by atoms with Gasteiger partial charge in [-0.15, -0.1) is 0 Å². The number of piperazine rings is 1. The average Bonchev–Trinajstić information content (AvgIpc) is 2.77. The lowest BCUT2D eigenvalue weighted by molar-refractivity contribution is -0.135. The molecule has 8 nitrogen and oxygen atoms in total. The zero-order valence-electron chi connectivity index (χ0n) is 14.3. The Morgan fingerprint density at radius 2 is 2.04 bits per heavy atom. The van der Waals surface area contributed by atoms with E-state index >= 15 is 0 Å². The van der Waals surface area contributed by atoms with Crippen LogP contribution < -0.4 is 10.6 Å². The van der Waals surface area contributed by atoms with Crippen LogP contribution in [-0.2, 0) is 16.1 Å². The van der Waals surface area contributed by atoms with Crippen LogP contribution in [-0.4, -0.2) is 64.9 Å². The molecular formula is C17H23N5O3. The summed E-state index contributed by atoms with van der Waals surface area (Å²) >= 11 is 0. The molecule has 2 saturated heterocycles. The molecule has 134 valence electrons. The van der Waals surface area contributed by atoms with Gasteiger partial charge in [-0.05, 0) is 25.0 Å². The fourth-order valence-corrected chi connectivity index (χ4v) is 3.16. The predicted octanol–water partition coefficient (Wildman–Crippen LogP) is 0.0224. The Labute approximate surface area is 146 Å². The van der Waals surface area contributed by atoms with Crippen molar-refractivity contribution in [1.29, 1.82) is 0 Å². The van der Waals surface area contributed by atoms with Gasteiger partial charge in [0, 0.05) is 45.3 Å². The molecule has 0 bridgehead atoms. The van der Waals surface area contributed by atoms with Crippen LogP contribution in [0.1, 0.15) is 24.1 Å². The van der Waals surface area contributed by atoms with Gasteiger partial charge in [-0.25, -0.2) is 4.79 Å². The van der Waals surface area contributed by atoms with E-state index in [4.69, 9.17) is 0 Å². The van der Waals surface area contributed by atoms with E-state index in [9.17, 15) is 14.4 Å². The van der Waals surface area contributed by atoms with Crippen molar-refractivity contribution in [3.05, 3.63) is 29.6 Å². The first-order valence-electron chi connectivity index (χ1n) is 8.55. The van der Waals surface area contributed by atoms with Crippen molar-refractivity contribution in [1.82, 2.24) is 25.4 Å². The smallest absolute Gasteiger partial charge is 0.322 e. The lowest BCUT2D eigenvalue weighted by Gasteiger charge is -2.36. The van der Waals surface area contributed by atoms with Crippen LogP contribution in [0.5, 0.6) is 0 Å². The van der Waals surface area contributed by atoms with Crippen molar-refractivity contribution >= 4 is 17.8 Å². The number of pyridine rings is 1. The summed E-state index contributed by atoms with van der Waals surface area (Å²) in [6.07, 6.45) is 2.31. The number of carbonyl (C=O) groups is 3. The Balaban J connectivity index is 1.53. The molecule has 25 heavy (non-hydrogen) atoms. The van der Waals surface area contributed by atoms with E-state index in [-0.39, 0.29) is 18.2 Å². The zero-order valence-corrected chi connectivity index (χ0v) is 14.3. The van der Waals surface area contributed by atoms with Crippen LogP contribution in [0.4, 0.5) is 4.79 Å². The monoisotopic (exact) mass is 345 g/mol. The topological polar surface area (TPSA) is 94.6 Å². The Kier molecular flexibility index (Phi) is 5.28. The van der Waals surface area contributed by atoms with Gasteiger partial charge in [0.1, 0.15) is 6.04 Å². The first kappa shape index (κ1) is 17.3. The molecular weight excluding hydrogens is 322 g/mol. The molecule has 2 aliphatic rings. The van der Waals surface area contributed by atoms with Gasteiger partial charge in [0.25, 0.3) is 0 Å². The number of urea groups is 1. The van der Waals surface area contributed by atoms with Crippen LogP contribution in [0.15, 0.2) is 18.3 Å². The molecule has 0 radical (unpaired) electrons. The van der Waals surface area contributed by atoms with E-state index in [0.717, 1.165) is 25.3 Å². The first-order valence-corrected chi connectivity index (χ1v) is 8.55. The van der Waals surface area contributed by atoms with Crippen molar-refractivity contribution in [3.8, 4) is 0 Å². The highest BCUT2D eigenvalue weighted by molar-refractivity contribution is 5.98. The van der Waals surface area contributed by atoms with Crippen LogP contribution in [0.2, 0.25) is 0 Å². The number of carbonyl (C=O) groups excluding carboxylic acids is 3. The van der Waals surface area contributed by atoms with Gasteiger partial charge in [0.15, 0.2) is 0 Å². The van der Waals surface area contributed by atoms with Crippen molar-refractivity contribution < 1.29 is 14.4 Å². The number of aromatic nitrogens is 1. The fourth-order valence-electron chi connectivity index (χ4n) is 3.16. The lowest BCUT2D eigenvalue weighted by atomic mass is 10.1. The maximum atomic E-state index is 12.6. The van der Waals surface area contributed by atoms with Gasteiger partial charge < -0.3 is 10.2 Å². The van der Waals surface area contributed by atoms with E-state index < -0.39 is 12.1 Å². The van der Waals surface area contributed by atoms with Crippen molar-refractivity contribution in [2.75, 3.05) is 26.2 Å². The van der Waals surface area contributed by atoms with Gasteiger partial charge in [-0.1, -0.05) is 6.07 Å². The average molecular weight is 345 g/mol. The summed E-state index contributed by atoms with van der Waals surface area (Å²) in [6, 6.07) is 2.75. The molecule has 2 fully saturated rings. The molecule has 8 heteroatoms. The molecule has 4 amide bonds. The standard InChI is InChI=1S/C17H23N5O3/c1-12-3-2-6-18-14(12)11-21-7-9-22(10-8-21)16(24)13-4-5-15(23)20-17(25)19-13/h2-3,6,13H,4-5,7-11H2,1H3,(H2,19,20,23,25)/t13-/m0/s1. The van der Waals surface area contributed by atoms with E-state index in [1.807, 2.05) is 19.1 Å². The summed E-state index contributed by atoms with van der Waals surface area (Å²) in [5.74, 6) is -0.457. The summed E-state index contributed by atoms with van der Waals surface area (Å²) in [5.41, 5.74) is 2.22. The molecule has 1 atom stereocenters. The molecule has 3 heterocycles. The second-order valence-electron chi connectivity index (χ2n) is 6.48. The molecule has 2 N–H and O–H groups in total. The lowest BCUT2D eigenvalue weighted by Crippen LogP contribution is -2.55. The molecule has 0 aliphatic carbocycles. The highest BCUT2D eigenvalue weighted by Gasteiger charge is 2.31. The van der Waals surface area contributed by atoms with Gasteiger partial charge in [-0.2, -0.15) is 0 Å². The number of hydrogen-bond acceptors (Lipinski definition) is 5. The molecule has 0 spiro atoms. The van der Waals surface area contributed by atoms with Crippen LogP contribution >= 0.6 is 0 Å². The third kappa shape index (κ3) is 4.33. The second kappa shape index (κ2) is 7.60. The first-order chi connectivity index (χ1) is 12.0. The number of rotatable bonds is 3. The zero-order chi connectivity index (χ0) is 17.8. The number of imide groups is 1. The van der Waals surface area contributed by atoms with Crippen molar-refractivity contribution in [2.45, 2.75) is 32.4 Å². The summed E-state index contributed by atoms with van der Waals surface area (Å²) in [6.45, 7) is 5.57. The number of nitrogens with zero attached hydrogens (tertiary/aromatic N) is 3. The van der Waals surface area contributed by atoms with Crippen molar-refractivity contribution in [3.63, 3.8) is 0 Å². The van der Waals surface area contributed by atoms with Gasteiger partial charge in [0.05, 0.1) is 5.69 Å². The Morgan fingerprint density at radius 3 is 2.76 bits per heavy atom. The summed E-state index contributed by atoms with van der Waals surface area (Å²) in [5, 5.41) is 4.77. The van der Waals surface area contributed by atoms with E-state index in [1.165, 1.54) is 5.56 Å². The number of aryl methyl sites for hydroxylation is 1. The Hall–Kier alpha value is -2.48. The highest BCUT2D eigenvalue weighted by atomic mass is 16.2. The number of amides is 4. The largest absolute Gasteiger partial charge is 0.338 e. The minimum Gasteiger partial charge on any atom is -0.338 e. The van der Waals surface area contributed by atoms with Gasteiger partial charge >= 0.3 is 6.03 Å². The SMILES string of the molecule is Cc1cccnc1CN1CCN(C(=O)[C@@H]2CCC(=O)NC(=O)N2)CC1. The second-order valence-corrected chi connectivity index (χ2v) is 6.48. The maximum Gasteiger partial charge on any atom is 0.322 e. The molecule has 0 aromatic carbocycles. The molecule has 1 aromatic heterocycles. The number of nitrogens with one attached hydrogen (secondary N) is 2. The molecule has 0 saturated carbocycles. The summed E-state index contributed by atoms with van der Waals surface area (Å²) in [4.78, 5) is 44.0. The third-order valence-electron chi connectivity index (χ3n) is 4.69. The summed E-state index contributed by atoms with van der Waals surface area (Å²) in [7, 11) is 0. The quantitative estimate of drug-likeness (QED) is 0.806. The number of hydrogen-bond donors (Lipinski definition) is 2. The van der Waals surface area contributed by atoms with E-state index in [1.54, 1.807) is 11.1 Å². The van der Waals surface area contributed by atoms with Gasteiger partial charge in [0.2, 0.25) is 11.8 Å². The van der Waals surface area contributed by atoms with Crippen molar-refractivity contribution in [2.24, 2.45) is 0 Å². The molecule has 1 aromatic rings. The maximum absolute atomic E-state index is 12.6. The molecule has 3 rings (SSSR count).